The molecule has 0 unspecified atom stereocenters. The Morgan fingerprint density at radius 2 is 0.846 bits per heavy atom. The Hall–Kier alpha value is -6.53. The summed E-state index contributed by atoms with van der Waals surface area (Å²) in [5, 5.41) is 1.95. The highest BCUT2D eigenvalue weighted by atomic mass is 19.4. The summed E-state index contributed by atoms with van der Waals surface area (Å²) in [6, 6.07) is 57.8. The van der Waals surface area contributed by atoms with Crippen molar-refractivity contribution in [3.63, 3.8) is 0 Å². The summed E-state index contributed by atoms with van der Waals surface area (Å²) in [6.45, 7) is 0.221. The number of hydrogen-bond acceptors (Lipinski definition) is 2. The highest BCUT2D eigenvalue weighted by Gasteiger charge is 2.30. The van der Waals surface area contributed by atoms with E-state index in [4.69, 9.17) is 9.98 Å². The number of rotatable bonds is 8. The van der Waals surface area contributed by atoms with Gasteiger partial charge in [-0.2, -0.15) is 13.2 Å². The van der Waals surface area contributed by atoms with E-state index in [-0.39, 0.29) is 6.54 Å². The van der Waals surface area contributed by atoms with Crippen molar-refractivity contribution in [1.82, 2.24) is 4.57 Å². The van der Waals surface area contributed by atoms with E-state index >= 15 is 0 Å². The molecule has 6 heteroatoms. The van der Waals surface area contributed by atoms with Crippen molar-refractivity contribution < 1.29 is 13.2 Å². The minimum atomic E-state index is -4.45. The Kier molecular flexibility index (Phi) is 8.79. The van der Waals surface area contributed by atoms with Crippen LogP contribution in [0.15, 0.2) is 192 Å². The molecule has 0 aliphatic heterocycles. The molecule has 0 fully saturated rings. The van der Waals surface area contributed by atoms with Crippen LogP contribution in [-0.2, 0) is 12.7 Å². The fourth-order valence-corrected chi connectivity index (χ4v) is 6.64. The first-order chi connectivity index (χ1) is 25.4. The molecule has 8 rings (SSSR count). The quantitative estimate of drug-likeness (QED) is 0.143. The van der Waals surface area contributed by atoms with Gasteiger partial charge in [0.2, 0.25) is 0 Å². The molecule has 7 aromatic carbocycles. The predicted molar refractivity (Wildman–Crippen MR) is 206 cm³/mol. The molecule has 0 spiro atoms. The number of alkyl halides is 3. The average molecular weight is 684 g/mol. The molecule has 0 bridgehead atoms. The highest BCUT2D eigenvalue weighted by Crippen LogP contribution is 2.36. The standard InChI is InChI=1S/C46H32F3N3/c47-46(48,49)37-23-13-14-32(28-37)31-52-42-29-38(50-44(33-15-5-1-6-16-33)34-17-7-2-8-18-34)24-26-40(42)41-27-25-39(30-43(41)52)51-45(35-19-9-3-10-20-35)36-21-11-4-12-22-36/h1-30H,31H2. The normalized spacial score (nSPS) is 11.4. The van der Waals surface area contributed by atoms with Gasteiger partial charge >= 0.3 is 6.18 Å². The molecule has 0 N–H and O–H groups in total. The lowest BCUT2D eigenvalue weighted by atomic mass is 10.0. The van der Waals surface area contributed by atoms with Crippen molar-refractivity contribution in [2.75, 3.05) is 0 Å². The van der Waals surface area contributed by atoms with Crippen LogP contribution in [0.4, 0.5) is 24.5 Å². The lowest BCUT2D eigenvalue weighted by Crippen LogP contribution is -2.07. The molecular formula is C46H32F3N3. The van der Waals surface area contributed by atoms with Gasteiger partial charge in [0.15, 0.2) is 0 Å². The summed E-state index contributed by atoms with van der Waals surface area (Å²) >= 11 is 0. The van der Waals surface area contributed by atoms with Gasteiger partial charge in [-0.15, -0.1) is 0 Å². The van der Waals surface area contributed by atoms with Gasteiger partial charge in [0, 0.05) is 39.6 Å². The average Bonchev–Trinajstić information content (AvgIpc) is 3.48. The van der Waals surface area contributed by atoms with Gasteiger partial charge in [-0.25, -0.2) is 9.98 Å². The molecule has 0 aliphatic rings. The number of aromatic nitrogens is 1. The first-order valence-corrected chi connectivity index (χ1v) is 17.0. The van der Waals surface area contributed by atoms with Crippen LogP contribution in [0.1, 0.15) is 33.4 Å². The third-order valence-electron chi connectivity index (χ3n) is 9.10. The van der Waals surface area contributed by atoms with Crippen LogP contribution in [0.2, 0.25) is 0 Å². The van der Waals surface area contributed by atoms with Crippen molar-refractivity contribution in [2.45, 2.75) is 12.7 Å². The summed E-state index contributed by atoms with van der Waals surface area (Å²) in [7, 11) is 0. The van der Waals surface area contributed by atoms with Crippen molar-refractivity contribution in [3.05, 3.63) is 215 Å². The van der Waals surface area contributed by atoms with Crippen molar-refractivity contribution in [3.8, 4) is 0 Å². The van der Waals surface area contributed by atoms with E-state index in [0.717, 1.165) is 72.9 Å². The van der Waals surface area contributed by atoms with E-state index < -0.39 is 11.7 Å². The fourth-order valence-electron chi connectivity index (χ4n) is 6.64. The summed E-state index contributed by atoms with van der Waals surface area (Å²) in [4.78, 5) is 10.3. The van der Waals surface area contributed by atoms with Crippen LogP contribution >= 0.6 is 0 Å². The van der Waals surface area contributed by atoms with Crippen molar-refractivity contribution in [2.24, 2.45) is 9.98 Å². The van der Waals surface area contributed by atoms with Gasteiger partial charge in [-0.1, -0.05) is 146 Å². The molecule has 52 heavy (non-hydrogen) atoms. The molecule has 0 aliphatic carbocycles. The highest BCUT2D eigenvalue weighted by molar-refractivity contribution is 6.16. The van der Waals surface area contributed by atoms with Gasteiger partial charge in [0.1, 0.15) is 0 Å². The molecule has 8 aromatic rings. The van der Waals surface area contributed by atoms with E-state index in [0.29, 0.717) is 5.56 Å². The smallest absolute Gasteiger partial charge is 0.336 e. The molecule has 0 saturated carbocycles. The maximum absolute atomic E-state index is 13.8. The van der Waals surface area contributed by atoms with Gasteiger partial charge < -0.3 is 4.57 Å². The predicted octanol–water partition coefficient (Wildman–Crippen LogP) is 12.2. The second-order valence-electron chi connectivity index (χ2n) is 12.6. The maximum Gasteiger partial charge on any atom is 0.416 e. The summed E-state index contributed by atoms with van der Waals surface area (Å²) < 4.78 is 43.6. The van der Waals surface area contributed by atoms with E-state index in [1.165, 1.54) is 12.1 Å². The van der Waals surface area contributed by atoms with Crippen molar-refractivity contribution in [1.29, 1.82) is 0 Å². The zero-order valence-electron chi connectivity index (χ0n) is 28.0. The molecular weight excluding hydrogens is 652 g/mol. The number of fused-ring (bicyclic) bond motifs is 3. The zero-order valence-corrected chi connectivity index (χ0v) is 28.0. The van der Waals surface area contributed by atoms with Crippen LogP contribution in [0.5, 0.6) is 0 Å². The summed E-state index contributed by atoms with van der Waals surface area (Å²) in [5.41, 5.74) is 8.63. The lowest BCUT2D eigenvalue weighted by Gasteiger charge is -2.12. The Bertz CT molecular complexity index is 2320. The van der Waals surface area contributed by atoms with Gasteiger partial charge in [-0.3, -0.25) is 0 Å². The fraction of sp³-hybridized carbons (Fsp3) is 0.0435. The molecule has 252 valence electrons. The minimum absolute atomic E-state index is 0.221. The van der Waals surface area contributed by atoms with Crippen LogP contribution in [0.25, 0.3) is 21.8 Å². The molecule has 0 amide bonds. The number of hydrogen-bond donors (Lipinski definition) is 0. The summed E-state index contributed by atoms with van der Waals surface area (Å²) in [5.74, 6) is 0. The Balaban J connectivity index is 1.33. The Morgan fingerprint density at radius 1 is 0.442 bits per heavy atom. The SMILES string of the molecule is FC(F)(F)c1cccc(Cn2c3cc(N=C(c4ccccc4)c4ccccc4)ccc3c3ccc(N=C(c4ccccc4)c4ccccc4)cc32)c1. The van der Waals surface area contributed by atoms with Crippen molar-refractivity contribution >= 4 is 44.6 Å². The van der Waals surface area contributed by atoms with E-state index in [1.54, 1.807) is 6.07 Å². The first kappa shape index (κ1) is 32.7. The van der Waals surface area contributed by atoms with E-state index in [9.17, 15) is 13.2 Å². The van der Waals surface area contributed by atoms with Crippen LogP contribution in [0, 0.1) is 0 Å². The molecule has 1 aromatic heterocycles. The zero-order chi connectivity index (χ0) is 35.5. The second-order valence-corrected chi connectivity index (χ2v) is 12.6. The lowest BCUT2D eigenvalue weighted by molar-refractivity contribution is -0.137. The van der Waals surface area contributed by atoms with Crippen LogP contribution in [0.3, 0.4) is 0 Å². The van der Waals surface area contributed by atoms with Gasteiger partial charge in [0.05, 0.1) is 39.4 Å². The molecule has 0 atom stereocenters. The van der Waals surface area contributed by atoms with Gasteiger partial charge in [-0.05, 0) is 42.0 Å². The second kappa shape index (κ2) is 14.0. The monoisotopic (exact) mass is 683 g/mol. The van der Waals surface area contributed by atoms with E-state index in [1.807, 2.05) is 146 Å². The maximum atomic E-state index is 13.8. The van der Waals surface area contributed by atoms with Crippen LogP contribution < -0.4 is 0 Å². The Morgan fingerprint density at radius 3 is 1.23 bits per heavy atom. The number of aliphatic imine (C=N–C) groups is 2. The molecule has 1 heterocycles. The molecule has 3 nitrogen and oxygen atoms in total. The molecule has 0 radical (unpaired) electrons. The number of benzene rings is 7. The largest absolute Gasteiger partial charge is 0.416 e. The number of halogens is 3. The van der Waals surface area contributed by atoms with Crippen LogP contribution in [-0.4, -0.2) is 16.0 Å². The minimum Gasteiger partial charge on any atom is -0.336 e. The summed E-state index contributed by atoms with van der Waals surface area (Å²) in [6.07, 6.45) is -4.45. The van der Waals surface area contributed by atoms with Gasteiger partial charge in [0.25, 0.3) is 0 Å². The number of nitrogens with zero attached hydrogens (tertiary/aromatic N) is 3. The first-order valence-electron chi connectivity index (χ1n) is 17.0. The third-order valence-corrected chi connectivity index (χ3v) is 9.10. The molecule has 0 saturated heterocycles. The topological polar surface area (TPSA) is 29.6 Å². The Labute approximate surface area is 299 Å². The van der Waals surface area contributed by atoms with E-state index in [2.05, 4.69) is 16.7 Å². The third kappa shape index (κ3) is 6.79.